The molecule has 0 aliphatic carbocycles. The molecule has 2 saturated heterocycles. The zero-order valence-corrected chi connectivity index (χ0v) is 23.6. The minimum absolute atomic E-state index is 0.0161. The van der Waals surface area contributed by atoms with Crippen molar-refractivity contribution >= 4 is 16.5 Å². The largest absolute Gasteiger partial charge is 0.481 e. The number of aromatic nitrogens is 2. The molecule has 1 atom stereocenters. The highest BCUT2D eigenvalue weighted by Crippen LogP contribution is 2.42. The molecule has 6 rings (SSSR count). The quantitative estimate of drug-likeness (QED) is 0.272. The van der Waals surface area contributed by atoms with E-state index in [-0.39, 0.29) is 18.1 Å². The number of aryl methyl sites for hydroxylation is 1. The maximum Gasteiger partial charge on any atom is 0.320 e. The van der Waals surface area contributed by atoms with E-state index >= 15 is 0 Å². The molecule has 1 aromatic heterocycles. The molecule has 9 heteroatoms. The summed E-state index contributed by atoms with van der Waals surface area (Å²) in [6, 6.07) is 7.59. The van der Waals surface area contributed by atoms with Crippen LogP contribution in [-0.2, 0) is 24.1 Å². The van der Waals surface area contributed by atoms with Crippen molar-refractivity contribution in [2.75, 3.05) is 52.2 Å². The minimum atomic E-state index is -0.200. The molecular formula is C31H37FN4O4. The molecule has 0 amide bonds. The number of hydrogen-bond acceptors (Lipinski definition) is 8. The Morgan fingerprint density at radius 3 is 2.77 bits per heavy atom. The topological polar surface area (TPSA) is 69.2 Å². The third-order valence-electron chi connectivity index (χ3n) is 8.56. The summed E-state index contributed by atoms with van der Waals surface area (Å²) in [5.41, 5.74) is 4.69. The molecule has 0 radical (unpaired) electrons. The second-order valence-electron chi connectivity index (χ2n) is 11.0. The highest BCUT2D eigenvalue weighted by Gasteiger charge is 2.46. The van der Waals surface area contributed by atoms with Gasteiger partial charge in [-0.3, -0.25) is 4.90 Å². The Kier molecular flexibility index (Phi) is 7.27. The fourth-order valence-corrected chi connectivity index (χ4v) is 6.73. The van der Waals surface area contributed by atoms with E-state index < -0.39 is 0 Å². The van der Waals surface area contributed by atoms with E-state index in [2.05, 4.69) is 21.4 Å². The molecule has 0 bridgehead atoms. The Hall–Kier alpha value is -3.43. The second kappa shape index (κ2) is 10.9. The predicted molar refractivity (Wildman–Crippen MR) is 152 cm³/mol. The molecule has 3 aromatic rings. The number of rotatable bonds is 9. The molecular weight excluding hydrogens is 511 g/mol. The van der Waals surface area contributed by atoms with Gasteiger partial charge in [-0.1, -0.05) is 25.1 Å². The van der Waals surface area contributed by atoms with Crippen LogP contribution in [0.1, 0.15) is 43.0 Å². The Labute approximate surface area is 234 Å². The summed E-state index contributed by atoms with van der Waals surface area (Å²) < 4.78 is 37.9. The Morgan fingerprint density at radius 2 is 1.98 bits per heavy atom. The van der Waals surface area contributed by atoms with E-state index in [0.717, 1.165) is 53.6 Å². The number of fused-ring (bicyclic) bond motifs is 3. The Morgan fingerprint density at radius 1 is 1.10 bits per heavy atom. The third kappa shape index (κ3) is 4.75. The molecule has 0 N–H and O–H groups in total. The van der Waals surface area contributed by atoms with Crippen molar-refractivity contribution in [2.24, 2.45) is 0 Å². The fourth-order valence-electron chi connectivity index (χ4n) is 6.73. The smallest absolute Gasteiger partial charge is 0.320 e. The second-order valence-corrected chi connectivity index (χ2v) is 11.0. The molecule has 3 aliphatic rings. The summed E-state index contributed by atoms with van der Waals surface area (Å²) in [4.78, 5) is 14.2. The average Bonchev–Trinajstić information content (AvgIpc) is 3.49. The van der Waals surface area contributed by atoms with Crippen LogP contribution in [0.5, 0.6) is 17.6 Å². The average molecular weight is 549 g/mol. The number of nitrogens with zero attached hydrogens (tertiary/aromatic N) is 4. The van der Waals surface area contributed by atoms with E-state index in [1.807, 2.05) is 25.1 Å². The summed E-state index contributed by atoms with van der Waals surface area (Å²) in [5, 5.41) is 1.82. The molecule has 4 heterocycles. The van der Waals surface area contributed by atoms with Crippen LogP contribution in [0, 0.1) is 5.82 Å². The van der Waals surface area contributed by atoms with Gasteiger partial charge in [-0.15, -0.1) is 0 Å². The molecule has 1 unspecified atom stereocenters. The van der Waals surface area contributed by atoms with Crippen LogP contribution >= 0.6 is 0 Å². The maximum atomic E-state index is 15.0. The first-order valence-corrected chi connectivity index (χ1v) is 14.0. The Balaban J connectivity index is 1.33. The summed E-state index contributed by atoms with van der Waals surface area (Å²) in [6.45, 7) is 10.1. The lowest BCUT2D eigenvalue weighted by molar-refractivity contribution is 0.0512. The number of hydrogen-bond donors (Lipinski definition) is 0. The van der Waals surface area contributed by atoms with Crippen molar-refractivity contribution in [3.8, 4) is 17.6 Å². The van der Waals surface area contributed by atoms with Crippen molar-refractivity contribution in [1.82, 2.24) is 14.9 Å². The summed E-state index contributed by atoms with van der Waals surface area (Å²) in [7, 11) is 3.23. The summed E-state index contributed by atoms with van der Waals surface area (Å²) in [6.07, 6.45) is 4.48. The van der Waals surface area contributed by atoms with Crippen LogP contribution in [0.3, 0.4) is 0 Å². The van der Waals surface area contributed by atoms with Gasteiger partial charge in [0.15, 0.2) is 6.79 Å². The first-order valence-electron chi connectivity index (χ1n) is 14.0. The number of anilines is 1. The molecule has 212 valence electrons. The van der Waals surface area contributed by atoms with Gasteiger partial charge in [0.1, 0.15) is 18.2 Å². The number of methoxy groups -OCH3 is 2. The first-order chi connectivity index (χ1) is 19.4. The Bertz CT molecular complexity index is 1450. The SMILES string of the molecule is C=C1CN2CCCC2(COc2nc3c(c(OC)n2)CCN(c2cc(OCOC)cc4ccc(F)c(CC)c24)C3)C1. The van der Waals surface area contributed by atoms with Crippen LogP contribution in [0.25, 0.3) is 10.8 Å². The number of ether oxygens (including phenoxy) is 4. The van der Waals surface area contributed by atoms with E-state index in [4.69, 9.17) is 23.9 Å². The number of benzene rings is 2. The summed E-state index contributed by atoms with van der Waals surface area (Å²) in [5.74, 6) is 1.03. The molecule has 3 aliphatic heterocycles. The minimum Gasteiger partial charge on any atom is -0.481 e. The van der Waals surface area contributed by atoms with E-state index in [1.165, 1.54) is 18.1 Å². The van der Waals surface area contributed by atoms with Crippen LogP contribution in [0.2, 0.25) is 0 Å². The van der Waals surface area contributed by atoms with E-state index in [9.17, 15) is 4.39 Å². The standard InChI is InChI=1S/C31H37FN4O4/c1-5-23-25(32)8-7-21-13-22(40-19-37-3)14-27(28(21)23)35-12-9-24-26(17-35)33-30(34-29(24)38-4)39-18-31-10-6-11-36(31)16-20(2)15-31/h7-8,13-14H,2,5-6,9-12,15-19H2,1,3-4H3. The zero-order chi connectivity index (χ0) is 27.9. The normalized spacial score (nSPS) is 20.6. The van der Waals surface area contributed by atoms with Crippen molar-refractivity contribution in [1.29, 1.82) is 0 Å². The summed E-state index contributed by atoms with van der Waals surface area (Å²) >= 11 is 0. The monoisotopic (exact) mass is 548 g/mol. The van der Waals surface area contributed by atoms with Crippen LogP contribution in [0.15, 0.2) is 36.4 Å². The van der Waals surface area contributed by atoms with Gasteiger partial charge in [-0.25, -0.2) is 4.39 Å². The van der Waals surface area contributed by atoms with E-state index in [0.29, 0.717) is 55.7 Å². The molecule has 0 spiro atoms. The van der Waals surface area contributed by atoms with Gasteiger partial charge < -0.3 is 23.8 Å². The lowest BCUT2D eigenvalue weighted by Crippen LogP contribution is -2.43. The van der Waals surface area contributed by atoms with E-state index in [1.54, 1.807) is 14.2 Å². The van der Waals surface area contributed by atoms with Gasteiger partial charge in [0.05, 0.1) is 24.9 Å². The van der Waals surface area contributed by atoms with Gasteiger partial charge in [0, 0.05) is 42.9 Å². The van der Waals surface area contributed by atoms with Gasteiger partial charge in [0.25, 0.3) is 0 Å². The van der Waals surface area contributed by atoms with Crippen LogP contribution in [-0.4, -0.2) is 67.7 Å². The molecule has 2 fully saturated rings. The third-order valence-corrected chi connectivity index (χ3v) is 8.56. The molecule has 0 saturated carbocycles. The molecule has 40 heavy (non-hydrogen) atoms. The highest BCUT2D eigenvalue weighted by atomic mass is 19.1. The highest BCUT2D eigenvalue weighted by molar-refractivity contribution is 5.98. The maximum absolute atomic E-state index is 15.0. The van der Waals surface area contributed by atoms with Crippen molar-refractivity contribution in [3.63, 3.8) is 0 Å². The number of halogens is 1. The lowest BCUT2D eigenvalue weighted by atomic mass is 9.94. The molecule has 8 nitrogen and oxygen atoms in total. The fraction of sp³-hybridized carbons (Fsp3) is 0.484. The lowest BCUT2D eigenvalue weighted by Gasteiger charge is -2.33. The molecule has 2 aromatic carbocycles. The van der Waals surface area contributed by atoms with Crippen LogP contribution in [0.4, 0.5) is 10.1 Å². The van der Waals surface area contributed by atoms with Gasteiger partial charge in [0.2, 0.25) is 5.88 Å². The van der Waals surface area contributed by atoms with Crippen molar-refractivity contribution < 1.29 is 23.3 Å². The predicted octanol–water partition coefficient (Wildman–Crippen LogP) is 5.06. The van der Waals surface area contributed by atoms with Gasteiger partial charge in [-0.2, -0.15) is 9.97 Å². The zero-order valence-electron chi connectivity index (χ0n) is 23.6. The first kappa shape index (κ1) is 26.8. The van der Waals surface area contributed by atoms with Gasteiger partial charge >= 0.3 is 6.01 Å². The van der Waals surface area contributed by atoms with Crippen LogP contribution < -0.4 is 19.1 Å². The van der Waals surface area contributed by atoms with Crippen molar-refractivity contribution in [2.45, 2.75) is 51.1 Å². The van der Waals surface area contributed by atoms with Gasteiger partial charge in [-0.05, 0) is 61.7 Å². The van der Waals surface area contributed by atoms with Crippen molar-refractivity contribution in [3.05, 3.63) is 59.1 Å².